The third-order valence-electron chi connectivity index (χ3n) is 8.76. The van der Waals surface area contributed by atoms with Gasteiger partial charge in [-0.25, -0.2) is 9.97 Å². The number of ether oxygens (including phenoxy) is 1. The molecule has 0 spiro atoms. The van der Waals surface area contributed by atoms with Crippen molar-refractivity contribution >= 4 is 0 Å². The average molecular weight is 385 g/mol. The van der Waals surface area contributed by atoms with E-state index in [1.165, 1.54) is 37.7 Å². The van der Waals surface area contributed by atoms with Gasteiger partial charge in [-0.1, -0.05) is 26.0 Å². The van der Waals surface area contributed by atoms with Gasteiger partial charge >= 0.3 is 6.01 Å². The molecule has 0 bridgehead atoms. The highest BCUT2D eigenvalue weighted by atomic mass is 16.5. The van der Waals surface area contributed by atoms with Gasteiger partial charge in [0.15, 0.2) is 0 Å². The number of aliphatic hydroxyl groups excluding tert-OH is 1. The van der Waals surface area contributed by atoms with Crippen molar-refractivity contribution in [3.8, 4) is 6.01 Å². The van der Waals surface area contributed by atoms with E-state index in [2.05, 4.69) is 30.4 Å². The van der Waals surface area contributed by atoms with Crippen LogP contribution in [0.3, 0.4) is 0 Å². The molecule has 3 aliphatic rings. The van der Waals surface area contributed by atoms with Crippen LogP contribution in [0.4, 0.5) is 0 Å². The molecular formula is C24H36N2O2. The normalized spacial score (nSPS) is 40.9. The zero-order valence-electron chi connectivity index (χ0n) is 17.6. The minimum atomic E-state index is -0.161. The molecule has 154 valence electrons. The Kier molecular flexibility index (Phi) is 5.52. The minimum Gasteiger partial charge on any atom is -0.463 e. The number of nitrogens with zero attached hydrogens (tertiary/aromatic N) is 2. The first kappa shape index (κ1) is 19.9. The molecule has 4 heteroatoms. The van der Waals surface area contributed by atoms with Crippen LogP contribution in [0.2, 0.25) is 0 Å². The predicted molar refractivity (Wildman–Crippen MR) is 111 cm³/mol. The van der Waals surface area contributed by atoms with Crippen molar-refractivity contribution < 1.29 is 9.84 Å². The van der Waals surface area contributed by atoms with Crippen LogP contribution in [0, 0.1) is 28.6 Å². The van der Waals surface area contributed by atoms with Crippen LogP contribution in [-0.2, 0) is 0 Å². The van der Waals surface area contributed by atoms with Gasteiger partial charge in [0.05, 0.1) is 12.7 Å². The molecule has 3 aliphatic carbocycles. The number of aromatic nitrogens is 2. The van der Waals surface area contributed by atoms with E-state index in [9.17, 15) is 5.11 Å². The maximum atomic E-state index is 10.4. The van der Waals surface area contributed by atoms with Crippen LogP contribution < -0.4 is 4.74 Å². The molecule has 0 aliphatic heterocycles. The van der Waals surface area contributed by atoms with Gasteiger partial charge in [-0.2, -0.15) is 0 Å². The summed E-state index contributed by atoms with van der Waals surface area (Å²) in [5.41, 5.74) is 2.17. The first-order valence-corrected chi connectivity index (χ1v) is 11.2. The summed E-state index contributed by atoms with van der Waals surface area (Å²) in [6.45, 7) is 9.98. The SMILES string of the molecule is C=C1CCC2CC(C3(C)CCC(O)CC3CCOc3ncccn3)CCC12C. The first-order chi connectivity index (χ1) is 13.4. The molecule has 3 fully saturated rings. The quantitative estimate of drug-likeness (QED) is 0.710. The largest absolute Gasteiger partial charge is 0.463 e. The number of rotatable bonds is 5. The zero-order valence-corrected chi connectivity index (χ0v) is 17.6. The Morgan fingerprint density at radius 3 is 2.68 bits per heavy atom. The lowest BCUT2D eigenvalue weighted by Gasteiger charge is -2.53. The van der Waals surface area contributed by atoms with Crippen LogP contribution in [0.25, 0.3) is 0 Å². The standard InChI is InChI=1S/C24H36N2O2/c1-17-5-6-18-15-19(7-10-23(17,18)2)24(3)11-8-21(27)16-20(24)9-14-28-22-25-12-4-13-26-22/h4,12-13,18-21,27H,1,5-11,14-16H2,2-3H3. The van der Waals surface area contributed by atoms with E-state index in [-0.39, 0.29) is 6.10 Å². The Hall–Kier alpha value is -1.42. The van der Waals surface area contributed by atoms with Crippen LogP contribution in [0.15, 0.2) is 30.6 Å². The fraction of sp³-hybridized carbons (Fsp3) is 0.750. The van der Waals surface area contributed by atoms with Crippen molar-refractivity contribution in [1.82, 2.24) is 9.97 Å². The summed E-state index contributed by atoms with van der Waals surface area (Å²) in [6, 6.07) is 2.26. The molecule has 6 unspecified atom stereocenters. The molecule has 1 aromatic rings. The Labute approximate surface area is 169 Å². The lowest BCUT2D eigenvalue weighted by molar-refractivity contribution is -0.0551. The first-order valence-electron chi connectivity index (χ1n) is 11.2. The second-order valence-corrected chi connectivity index (χ2v) is 10.0. The second-order valence-electron chi connectivity index (χ2n) is 10.0. The maximum absolute atomic E-state index is 10.4. The zero-order chi connectivity index (χ0) is 19.8. The van der Waals surface area contributed by atoms with Gasteiger partial charge in [0.2, 0.25) is 0 Å². The molecule has 28 heavy (non-hydrogen) atoms. The molecule has 1 heterocycles. The Morgan fingerprint density at radius 2 is 1.89 bits per heavy atom. The highest BCUT2D eigenvalue weighted by Crippen LogP contribution is 2.61. The second kappa shape index (κ2) is 7.78. The van der Waals surface area contributed by atoms with E-state index in [0.717, 1.165) is 37.5 Å². The lowest BCUT2D eigenvalue weighted by Crippen LogP contribution is -2.46. The van der Waals surface area contributed by atoms with Crippen LogP contribution in [0.1, 0.15) is 71.6 Å². The Morgan fingerprint density at radius 1 is 1.11 bits per heavy atom. The van der Waals surface area contributed by atoms with Gasteiger partial charge < -0.3 is 9.84 Å². The van der Waals surface area contributed by atoms with Gasteiger partial charge in [-0.05, 0) is 92.4 Å². The van der Waals surface area contributed by atoms with Crippen molar-refractivity contribution in [2.75, 3.05) is 6.61 Å². The molecule has 0 amide bonds. The molecule has 1 aromatic heterocycles. The van der Waals surface area contributed by atoms with Crippen molar-refractivity contribution in [2.24, 2.45) is 28.6 Å². The molecule has 4 rings (SSSR count). The number of fused-ring (bicyclic) bond motifs is 1. The van der Waals surface area contributed by atoms with Crippen molar-refractivity contribution in [2.45, 2.75) is 77.7 Å². The third-order valence-corrected chi connectivity index (χ3v) is 8.76. The highest BCUT2D eigenvalue weighted by Gasteiger charge is 2.52. The van der Waals surface area contributed by atoms with E-state index >= 15 is 0 Å². The topological polar surface area (TPSA) is 55.2 Å². The van der Waals surface area contributed by atoms with Crippen LogP contribution >= 0.6 is 0 Å². The van der Waals surface area contributed by atoms with E-state index < -0.39 is 0 Å². The monoisotopic (exact) mass is 384 g/mol. The summed E-state index contributed by atoms with van der Waals surface area (Å²) in [7, 11) is 0. The molecule has 0 radical (unpaired) electrons. The van der Waals surface area contributed by atoms with Gasteiger partial charge in [0.25, 0.3) is 0 Å². The van der Waals surface area contributed by atoms with Crippen LogP contribution in [0.5, 0.6) is 6.01 Å². The molecule has 4 nitrogen and oxygen atoms in total. The summed E-state index contributed by atoms with van der Waals surface area (Å²) in [6.07, 6.45) is 13.7. The summed E-state index contributed by atoms with van der Waals surface area (Å²) < 4.78 is 5.81. The summed E-state index contributed by atoms with van der Waals surface area (Å²) in [4.78, 5) is 8.33. The molecule has 1 N–H and O–H groups in total. The van der Waals surface area contributed by atoms with Gasteiger partial charge in [-0.15, -0.1) is 0 Å². The van der Waals surface area contributed by atoms with Gasteiger partial charge in [-0.3, -0.25) is 0 Å². The number of allylic oxidation sites excluding steroid dienone is 1. The Balaban J connectivity index is 1.43. The van der Waals surface area contributed by atoms with Gasteiger partial charge in [0.1, 0.15) is 0 Å². The smallest absolute Gasteiger partial charge is 0.316 e. The summed E-state index contributed by atoms with van der Waals surface area (Å²) in [5.74, 6) is 2.05. The van der Waals surface area contributed by atoms with Gasteiger partial charge in [0, 0.05) is 12.4 Å². The van der Waals surface area contributed by atoms with Crippen LogP contribution in [-0.4, -0.2) is 27.8 Å². The lowest BCUT2D eigenvalue weighted by atomic mass is 9.52. The van der Waals surface area contributed by atoms with E-state index in [1.807, 2.05) is 0 Å². The van der Waals surface area contributed by atoms with E-state index in [4.69, 9.17) is 4.74 Å². The number of hydrogen-bond donors (Lipinski definition) is 1. The maximum Gasteiger partial charge on any atom is 0.316 e. The van der Waals surface area contributed by atoms with Crippen molar-refractivity contribution in [3.05, 3.63) is 30.6 Å². The van der Waals surface area contributed by atoms with E-state index in [0.29, 0.717) is 29.4 Å². The molecule has 0 saturated heterocycles. The summed E-state index contributed by atoms with van der Waals surface area (Å²) >= 11 is 0. The van der Waals surface area contributed by atoms with Crippen molar-refractivity contribution in [3.63, 3.8) is 0 Å². The fourth-order valence-electron chi connectivity index (χ4n) is 6.57. The van der Waals surface area contributed by atoms with E-state index in [1.54, 1.807) is 18.5 Å². The van der Waals surface area contributed by atoms with Crippen molar-refractivity contribution in [1.29, 1.82) is 0 Å². The minimum absolute atomic E-state index is 0.161. The Bertz CT molecular complexity index is 693. The average Bonchev–Trinajstić information content (AvgIpc) is 3.00. The molecule has 0 aromatic carbocycles. The number of hydrogen-bond acceptors (Lipinski definition) is 4. The predicted octanol–water partition coefficient (Wildman–Crippen LogP) is 5.19. The highest BCUT2D eigenvalue weighted by molar-refractivity contribution is 5.19. The fourth-order valence-corrected chi connectivity index (χ4v) is 6.57. The molecular weight excluding hydrogens is 348 g/mol. The third kappa shape index (κ3) is 3.60. The molecule has 6 atom stereocenters. The summed E-state index contributed by atoms with van der Waals surface area (Å²) in [5, 5.41) is 10.4. The number of aliphatic hydroxyl groups is 1. The molecule has 3 saturated carbocycles.